The first-order valence-electron chi connectivity index (χ1n) is 6.77. The van der Waals surface area contributed by atoms with Crippen LogP contribution < -0.4 is 5.30 Å². The topological polar surface area (TPSA) is 0 Å². The van der Waals surface area contributed by atoms with Crippen molar-refractivity contribution < 1.29 is 0 Å². The van der Waals surface area contributed by atoms with Gasteiger partial charge in [0.25, 0.3) is 0 Å². The van der Waals surface area contributed by atoms with Crippen molar-refractivity contribution in [2.24, 2.45) is 0 Å². The Morgan fingerprint density at radius 3 is 2.16 bits per heavy atom. The van der Waals surface area contributed by atoms with E-state index >= 15 is 0 Å². The lowest BCUT2D eigenvalue weighted by Gasteiger charge is -2.18. The van der Waals surface area contributed by atoms with Crippen LogP contribution in [-0.2, 0) is 6.42 Å². The predicted molar refractivity (Wildman–Crippen MR) is 92.1 cm³/mol. The second-order valence-corrected chi connectivity index (χ2v) is 8.38. The molecule has 2 atom stereocenters. The average molecular weight is 288 g/mol. The van der Waals surface area contributed by atoms with E-state index in [1.54, 1.807) is 5.30 Å². The summed E-state index contributed by atoms with van der Waals surface area (Å²) in [6.07, 6.45) is 2.48. The van der Waals surface area contributed by atoms with Crippen molar-refractivity contribution in [1.82, 2.24) is 0 Å². The number of aryl methyl sites for hydroxylation is 3. The van der Waals surface area contributed by atoms with E-state index in [0.717, 1.165) is 0 Å². The maximum Gasteiger partial charge on any atom is -0.0135 e. The quantitative estimate of drug-likeness (QED) is 0.711. The molecule has 0 heterocycles. The van der Waals surface area contributed by atoms with Gasteiger partial charge in [0.15, 0.2) is 0 Å². The standard InChI is InChI=1S/C17H22P2/c1-14-7-3-5-9-16(14)11-12-19(13-18)17-10-6-4-8-15(17)2/h3-10H,11-13,18H2,1-2H3. The molecule has 2 heteroatoms. The first-order valence-corrected chi connectivity index (χ1v) is 9.30. The normalized spacial score (nSPS) is 12.4. The summed E-state index contributed by atoms with van der Waals surface area (Å²) in [6.45, 7) is 4.45. The Morgan fingerprint density at radius 1 is 0.895 bits per heavy atom. The minimum absolute atomic E-state index is 0.0475. The summed E-state index contributed by atoms with van der Waals surface area (Å²) in [5.41, 5.74) is 4.37. The molecule has 0 nitrogen and oxygen atoms in total. The lowest BCUT2D eigenvalue weighted by molar-refractivity contribution is 1.12. The highest BCUT2D eigenvalue weighted by Gasteiger charge is 2.11. The van der Waals surface area contributed by atoms with Crippen molar-refractivity contribution in [1.29, 1.82) is 0 Å². The van der Waals surface area contributed by atoms with Crippen molar-refractivity contribution in [2.45, 2.75) is 20.3 Å². The molecule has 0 spiro atoms. The van der Waals surface area contributed by atoms with Crippen LogP contribution in [0.3, 0.4) is 0 Å². The largest absolute Gasteiger partial charge is 0.133 e. The van der Waals surface area contributed by atoms with Gasteiger partial charge in [-0.1, -0.05) is 56.5 Å². The van der Waals surface area contributed by atoms with Gasteiger partial charge < -0.3 is 0 Å². The highest BCUT2D eigenvalue weighted by Crippen LogP contribution is 2.38. The summed E-state index contributed by atoms with van der Waals surface area (Å²) in [5, 5.41) is 1.57. The van der Waals surface area contributed by atoms with E-state index in [0.29, 0.717) is 0 Å². The molecule has 2 unspecified atom stereocenters. The Labute approximate surface area is 120 Å². The van der Waals surface area contributed by atoms with Crippen molar-refractivity contribution in [3.63, 3.8) is 0 Å². The molecule has 100 valence electrons. The molecule has 0 saturated carbocycles. The molecule has 2 aromatic rings. The monoisotopic (exact) mass is 288 g/mol. The molecule has 0 aromatic heterocycles. The first kappa shape index (κ1) is 14.7. The Hall–Kier alpha value is -0.700. The lowest BCUT2D eigenvalue weighted by Crippen LogP contribution is -2.09. The molecule has 0 aliphatic heterocycles. The number of hydrogen-bond donors (Lipinski definition) is 0. The lowest BCUT2D eigenvalue weighted by atomic mass is 10.1. The summed E-state index contributed by atoms with van der Waals surface area (Å²) < 4.78 is 0. The molecule has 2 aromatic carbocycles. The van der Waals surface area contributed by atoms with Crippen LogP contribution in [0.4, 0.5) is 0 Å². The molecule has 0 aliphatic rings. The summed E-state index contributed by atoms with van der Waals surface area (Å²) >= 11 is 0. The second-order valence-electron chi connectivity index (χ2n) is 4.91. The molecule has 0 radical (unpaired) electrons. The van der Waals surface area contributed by atoms with Crippen LogP contribution in [0.2, 0.25) is 0 Å². The third kappa shape index (κ3) is 3.88. The molecular weight excluding hydrogens is 266 g/mol. The first-order chi connectivity index (χ1) is 9.22. The average Bonchev–Trinajstić information content (AvgIpc) is 2.43. The maximum atomic E-state index is 2.94. The van der Waals surface area contributed by atoms with Crippen molar-refractivity contribution in [3.8, 4) is 0 Å². The van der Waals surface area contributed by atoms with E-state index in [2.05, 4.69) is 71.6 Å². The maximum absolute atomic E-state index is 2.94. The van der Waals surface area contributed by atoms with Gasteiger partial charge in [0.1, 0.15) is 0 Å². The van der Waals surface area contributed by atoms with Crippen LogP contribution >= 0.6 is 17.2 Å². The fourth-order valence-electron chi connectivity index (χ4n) is 2.37. The van der Waals surface area contributed by atoms with Gasteiger partial charge >= 0.3 is 0 Å². The smallest absolute Gasteiger partial charge is 0.0135 e. The van der Waals surface area contributed by atoms with E-state index < -0.39 is 0 Å². The highest BCUT2D eigenvalue weighted by atomic mass is 31.2. The number of rotatable bonds is 5. The van der Waals surface area contributed by atoms with Gasteiger partial charge in [0.2, 0.25) is 0 Å². The Kier molecular flexibility index (Phi) is 5.56. The minimum atomic E-state index is -0.0475. The van der Waals surface area contributed by atoms with Crippen LogP contribution in [0.15, 0.2) is 48.5 Å². The second kappa shape index (κ2) is 7.18. The van der Waals surface area contributed by atoms with Crippen LogP contribution in [0.5, 0.6) is 0 Å². The molecule has 0 saturated heterocycles. The van der Waals surface area contributed by atoms with E-state index in [1.807, 2.05) is 0 Å². The highest BCUT2D eigenvalue weighted by molar-refractivity contribution is 7.70. The summed E-state index contributed by atoms with van der Waals surface area (Å²) in [7, 11) is 2.89. The van der Waals surface area contributed by atoms with Gasteiger partial charge in [-0.05, 0) is 54.3 Å². The Bertz CT molecular complexity index is 534. The van der Waals surface area contributed by atoms with E-state index in [-0.39, 0.29) is 7.92 Å². The van der Waals surface area contributed by atoms with Crippen LogP contribution in [0, 0.1) is 13.8 Å². The zero-order valence-electron chi connectivity index (χ0n) is 11.8. The van der Waals surface area contributed by atoms with Gasteiger partial charge in [-0.2, -0.15) is 0 Å². The predicted octanol–water partition coefficient (Wildman–Crippen LogP) is 4.49. The minimum Gasteiger partial charge on any atom is -0.133 e. The van der Waals surface area contributed by atoms with E-state index in [4.69, 9.17) is 0 Å². The van der Waals surface area contributed by atoms with Crippen molar-refractivity contribution in [3.05, 3.63) is 65.2 Å². The molecule has 0 amide bonds. The number of benzene rings is 2. The van der Waals surface area contributed by atoms with Crippen molar-refractivity contribution >= 4 is 22.5 Å². The van der Waals surface area contributed by atoms with Gasteiger partial charge in [0.05, 0.1) is 0 Å². The van der Waals surface area contributed by atoms with Crippen LogP contribution in [-0.4, -0.2) is 12.1 Å². The third-order valence-corrected chi connectivity index (χ3v) is 7.30. The molecule has 0 fully saturated rings. The van der Waals surface area contributed by atoms with Gasteiger partial charge in [0, 0.05) is 0 Å². The molecule has 0 aliphatic carbocycles. The Balaban J connectivity index is 2.09. The Morgan fingerprint density at radius 2 is 1.53 bits per heavy atom. The summed E-state index contributed by atoms with van der Waals surface area (Å²) in [5.74, 6) is 1.20. The summed E-state index contributed by atoms with van der Waals surface area (Å²) in [6, 6.07) is 17.6. The van der Waals surface area contributed by atoms with E-state index in [9.17, 15) is 0 Å². The molecular formula is C17H22P2. The molecule has 2 rings (SSSR count). The zero-order chi connectivity index (χ0) is 13.7. The van der Waals surface area contributed by atoms with Crippen molar-refractivity contribution in [2.75, 3.05) is 12.1 Å². The zero-order valence-corrected chi connectivity index (χ0v) is 13.8. The van der Waals surface area contributed by atoms with Gasteiger partial charge in [-0.15, -0.1) is 9.24 Å². The van der Waals surface area contributed by atoms with Gasteiger partial charge in [-0.25, -0.2) is 0 Å². The van der Waals surface area contributed by atoms with Gasteiger partial charge in [-0.3, -0.25) is 0 Å². The molecule has 0 bridgehead atoms. The third-order valence-electron chi connectivity index (χ3n) is 3.59. The number of hydrogen-bond acceptors (Lipinski definition) is 0. The van der Waals surface area contributed by atoms with Crippen LogP contribution in [0.1, 0.15) is 16.7 Å². The van der Waals surface area contributed by atoms with E-state index in [1.165, 1.54) is 35.2 Å². The van der Waals surface area contributed by atoms with Crippen LogP contribution in [0.25, 0.3) is 0 Å². The molecule has 19 heavy (non-hydrogen) atoms. The fraction of sp³-hybridized carbons (Fsp3) is 0.294. The SMILES string of the molecule is Cc1ccccc1CCP(CP)c1ccccc1C. The fourth-order valence-corrected chi connectivity index (χ4v) is 5.51. The summed E-state index contributed by atoms with van der Waals surface area (Å²) in [4.78, 5) is 0. The molecule has 0 N–H and O–H groups in total.